The number of nitrogens with zero attached hydrogens (tertiary/aromatic N) is 2. The molecule has 9 heteroatoms. The van der Waals surface area contributed by atoms with Gasteiger partial charge in [-0.3, -0.25) is 4.79 Å². The molecule has 0 unspecified atom stereocenters. The van der Waals surface area contributed by atoms with E-state index >= 15 is 0 Å². The number of carbonyl (C=O) groups is 1. The fourth-order valence-corrected chi connectivity index (χ4v) is 3.47. The molecule has 5 nitrogen and oxygen atoms in total. The van der Waals surface area contributed by atoms with Crippen LogP contribution in [0.5, 0.6) is 0 Å². The molecule has 0 aliphatic carbocycles. The summed E-state index contributed by atoms with van der Waals surface area (Å²) in [7, 11) is 0. The summed E-state index contributed by atoms with van der Waals surface area (Å²) >= 11 is 7.24. The molecule has 4 aromatic rings. The Morgan fingerprint density at radius 3 is 2.75 bits per heavy atom. The van der Waals surface area contributed by atoms with Crippen LogP contribution in [-0.4, -0.2) is 16.0 Å². The summed E-state index contributed by atoms with van der Waals surface area (Å²) in [4.78, 5) is 17.2. The van der Waals surface area contributed by atoms with Crippen molar-refractivity contribution in [2.75, 3.05) is 5.32 Å². The highest BCUT2D eigenvalue weighted by molar-refractivity contribution is 7.14. The van der Waals surface area contributed by atoms with Crippen LogP contribution in [-0.2, 0) is 0 Å². The SMILES string of the molecule is O=C(Nc1ccsc1-c1nc(-c2cccc(F)c2)no1)c1cc(F)ccc1Cl. The van der Waals surface area contributed by atoms with Gasteiger partial charge in [0.1, 0.15) is 16.5 Å². The largest absolute Gasteiger partial charge is 0.333 e. The van der Waals surface area contributed by atoms with Crippen LogP contribution in [0.3, 0.4) is 0 Å². The average Bonchev–Trinajstić information content (AvgIpc) is 3.33. The molecule has 0 aliphatic heterocycles. The van der Waals surface area contributed by atoms with E-state index in [1.54, 1.807) is 23.6 Å². The van der Waals surface area contributed by atoms with Gasteiger partial charge in [-0.15, -0.1) is 11.3 Å². The normalized spacial score (nSPS) is 10.8. The lowest BCUT2D eigenvalue weighted by atomic mass is 10.2. The van der Waals surface area contributed by atoms with Gasteiger partial charge in [0.15, 0.2) is 0 Å². The summed E-state index contributed by atoms with van der Waals surface area (Å²) in [6.07, 6.45) is 0. The van der Waals surface area contributed by atoms with Gasteiger partial charge in [0.25, 0.3) is 11.8 Å². The van der Waals surface area contributed by atoms with Crippen LogP contribution in [0.15, 0.2) is 58.4 Å². The number of benzene rings is 2. The minimum Gasteiger partial charge on any atom is -0.333 e. The van der Waals surface area contributed by atoms with Crippen LogP contribution in [0.25, 0.3) is 22.2 Å². The molecule has 4 rings (SSSR count). The topological polar surface area (TPSA) is 68.0 Å². The Hall–Kier alpha value is -3.10. The van der Waals surface area contributed by atoms with Gasteiger partial charge in [-0.25, -0.2) is 8.78 Å². The van der Waals surface area contributed by atoms with E-state index < -0.39 is 17.5 Å². The van der Waals surface area contributed by atoms with Crippen molar-refractivity contribution >= 4 is 34.5 Å². The maximum atomic E-state index is 13.4. The van der Waals surface area contributed by atoms with Crippen LogP contribution in [0.2, 0.25) is 5.02 Å². The van der Waals surface area contributed by atoms with E-state index in [9.17, 15) is 13.6 Å². The number of hydrogen-bond donors (Lipinski definition) is 1. The second-order valence-electron chi connectivity index (χ2n) is 5.68. The van der Waals surface area contributed by atoms with E-state index in [1.165, 1.54) is 35.6 Å². The van der Waals surface area contributed by atoms with Gasteiger partial charge < -0.3 is 9.84 Å². The fraction of sp³-hybridized carbons (Fsp3) is 0. The molecule has 2 heterocycles. The molecule has 0 saturated heterocycles. The molecule has 1 amide bonds. The van der Waals surface area contributed by atoms with Crippen LogP contribution >= 0.6 is 22.9 Å². The van der Waals surface area contributed by atoms with E-state index in [1.807, 2.05) is 0 Å². The number of anilines is 1. The molecule has 2 aromatic heterocycles. The van der Waals surface area contributed by atoms with Crippen molar-refractivity contribution in [1.29, 1.82) is 0 Å². The smallest absolute Gasteiger partial charge is 0.270 e. The molecule has 0 aliphatic rings. The molecule has 0 saturated carbocycles. The van der Waals surface area contributed by atoms with Crippen LogP contribution < -0.4 is 5.32 Å². The Morgan fingerprint density at radius 2 is 1.93 bits per heavy atom. The van der Waals surface area contributed by atoms with Crippen molar-refractivity contribution in [2.45, 2.75) is 0 Å². The lowest BCUT2D eigenvalue weighted by Crippen LogP contribution is -2.12. The van der Waals surface area contributed by atoms with Gasteiger partial charge in [0.05, 0.1) is 16.3 Å². The van der Waals surface area contributed by atoms with Crippen LogP contribution in [0.1, 0.15) is 10.4 Å². The minimum atomic E-state index is -0.575. The predicted molar refractivity (Wildman–Crippen MR) is 102 cm³/mol. The number of hydrogen-bond acceptors (Lipinski definition) is 5. The first-order valence-corrected chi connectivity index (χ1v) is 9.21. The van der Waals surface area contributed by atoms with E-state index in [0.717, 1.165) is 6.07 Å². The summed E-state index contributed by atoms with van der Waals surface area (Å²) in [5.74, 6) is -1.19. The van der Waals surface area contributed by atoms with E-state index in [0.29, 0.717) is 16.1 Å². The number of nitrogens with one attached hydrogen (secondary N) is 1. The highest BCUT2D eigenvalue weighted by Crippen LogP contribution is 2.34. The maximum Gasteiger partial charge on any atom is 0.270 e. The molecule has 0 radical (unpaired) electrons. The Balaban J connectivity index is 1.61. The molecule has 0 bridgehead atoms. The highest BCUT2D eigenvalue weighted by Gasteiger charge is 2.19. The third kappa shape index (κ3) is 3.64. The summed E-state index contributed by atoms with van der Waals surface area (Å²) in [5.41, 5.74) is 0.873. The highest BCUT2D eigenvalue weighted by atomic mass is 35.5. The van der Waals surface area contributed by atoms with Crippen molar-refractivity contribution in [3.63, 3.8) is 0 Å². The van der Waals surface area contributed by atoms with Crippen molar-refractivity contribution < 1.29 is 18.1 Å². The quantitative estimate of drug-likeness (QED) is 0.466. The Morgan fingerprint density at radius 1 is 1.11 bits per heavy atom. The zero-order valence-electron chi connectivity index (χ0n) is 13.9. The van der Waals surface area contributed by atoms with Gasteiger partial charge in [0.2, 0.25) is 5.82 Å². The van der Waals surface area contributed by atoms with Gasteiger partial charge in [-0.05, 0) is 41.8 Å². The van der Waals surface area contributed by atoms with E-state index in [2.05, 4.69) is 15.5 Å². The monoisotopic (exact) mass is 417 g/mol. The summed E-state index contributed by atoms with van der Waals surface area (Å²) in [6.45, 7) is 0. The molecule has 0 fully saturated rings. The molecule has 28 heavy (non-hydrogen) atoms. The number of rotatable bonds is 4. The van der Waals surface area contributed by atoms with E-state index in [-0.39, 0.29) is 22.3 Å². The minimum absolute atomic E-state index is 0.00444. The molecular formula is C19H10ClF2N3O2S. The predicted octanol–water partition coefficient (Wildman–Crippen LogP) is 5.65. The molecular weight excluding hydrogens is 408 g/mol. The number of carbonyl (C=O) groups excluding carboxylic acids is 1. The first kappa shape index (κ1) is 18.3. The molecule has 0 spiro atoms. The average molecular weight is 418 g/mol. The first-order chi connectivity index (χ1) is 13.5. The number of amides is 1. The molecule has 2 aromatic carbocycles. The summed E-state index contributed by atoms with van der Waals surface area (Å²) in [6, 6.07) is 11.0. The molecule has 1 N–H and O–H groups in total. The lowest BCUT2D eigenvalue weighted by molar-refractivity contribution is 0.102. The van der Waals surface area contributed by atoms with E-state index in [4.69, 9.17) is 16.1 Å². The number of halogens is 3. The van der Waals surface area contributed by atoms with Gasteiger partial charge in [0, 0.05) is 5.56 Å². The standard InChI is InChI=1S/C19H10ClF2N3O2S/c20-14-5-4-12(22)9-13(14)18(26)23-15-6-7-28-16(15)19-24-17(25-27-19)10-2-1-3-11(21)8-10/h1-9H,(H,23,26). The van der Waals surface area contributed by atoms with Crippen LogP contribution in [0, 0.1) is 11.6 Å². The fourth-order valence-electron chi connectivity index (χ4n) is 2.49. The van der Waals surface area contributed by atoms with Crippen LogP contribution in [0.4, 0.5) is 14.5 Å². The summed E-state index contributed by atoms with van der Waals surface area (Å²) in [5, 5.41) is 8.38. The lowest BCUT2D eigenvalue weighted by Gasteiger charge is -2.06. The first-order valence-electron chi connectivity index (χ1n) is 7.95. The van der Waals surface area contributed by atoms with Gasteiger partial charge >= 0.3 is 0 Å². The third-order valence-electron chi connectivity index (χ3n) is 3.79. The number of thiophene rings is 1. The Kier molecular flexibility index (Phi) is 4.89. The second-order valence-corrected chi connectivity index (χ2v) is 7.00. The Labute approximate surface area is 166 Å². The van der Waals surface area contributed by atoms with Crippen molar-refractivity contribution in [1.82, 2.24) is 10.1 Å². The number of aromatic nitrogens is 2. The van der Waals surface area contributed by atoms with Crippen molar-refractivity contribution in [3.05, 3.63) is 76.1 Å². The third-order valence-corrected chi connectivity index (χ3v) is 5.02. The summed E-state index contributed by atoms with van der Waals surface area (Å²) < 4.78 is 32.1. The second kappa shape index (κ2) is 7.49. The maximum absolute atomic E-state index is 13.4. The molecule has 140 valence electrons. The van der Waals surface area contributed by atoms with Gasteiger partial charge in [-0.1, -0.05) is 28.9 Å². The zero-order valence-corrected chi connectivity index (χ0v) is 15.5. The van der Waals surface area contributed by atoms with Crippen molar-refractivity contribution in [2.24, 2.45) is 0 Å². The van der Waals surface area contributed by atoms with Crippen molar-refractivity contribution in [3.8, 4) is 22.2 Å². The van der Waals surface area contributed by atoms with Gasteiger partial charge in [-0.2, -0.15) is 4.98 Å². The Bertz CT molecular complexity index is 1180. The molecule has 0 atom stereocenters. The zero-order chi connectivity index (χ0) is 19.7.